The standard InChI is InChI=1S/C12H19N3O3S/c1-4-13-9(16)5-6-14-11-15-8(7-19-11)12(2,3)10(17)18/h7H,4-6H2,1-3H3,(H,13,16)(H,14,15)(H,17,18). The first kappa shape index (κ1) is 15.4. The van der Waals surface area contributed by atoms with Gasteiger partial charge in [-0.2, -0.15) is 0 Å². The minimum Gasteiger partial charge on any atom is -0.481 e. The van der Waals surface area contributed by atoms with Gasteiger partial charge in [0.1, 0.15) is 5.41 Å². The minimum absolute atomic E-state index is 0.0161. The number of carbonyl (C=O) groups excluding carboxylic acids is 1. The highest BCUT2D eigenvalue weighted by Gasteiger charge is 2.32. The quantitative estimate of drug-likeness (QED) is 0.705. The summed E-state index contributed by atoms with van der Waals surface area (Å²) in [5.74, 6) is -0.927. The van der Waals surface area contributed by atoms with E-state index in [0.717, 1.165) is 0 Å². The Kier molecular flexibility index (Phi) is 5.29. The van der Waals surface area contributed by atoms with Crippen molar-refractivity contribution in [1.82, 2.24) is 10.3 Å². The van der Waals surface area contributed by atoms with Crippen LogP contribution in [-0.2, 0) is 15.0 Å². The number of anilines is 1. The van der Waals surface area contributed by atoms with E-state index < -0.39 is 11.4 Å². The van der Waals surface area contributed by atoms with Crippen molar-refractivity contribution in [3.8, 4) is 0 Å². The largest absolute Gasteiger partial charge is 0.481 e. The Bertz CT molecular complexity index is 457. The van der Waals surface area contributed by atoms with E-state index in [-0.39, 0.29) is 5.91 Å². The zero-order valence-corrected chi connectivity index (χ0v) is 12.1. The van der Waals surface area contributed by atoms with Crippen molar-refractivity contribution in [2.45, 2.75) is 32.6 Å². The van der Waals surface area contributed by atoms with Crippen molar-refractivity contribution in [2.24, 2.45) is 0 Å². The Morgan fingerprint density at radius 2 is 2.16 bits per heavy atom. The number of rotatable bonds is 7. The summed E-state index contributed by atoms with van der Waals surface area (Å²) in [5.41, 5.74) is -0.485. The van der Waals surface area contributed by atoms with Crippen molar-refractivity contribution in [1.29, 1.82) is 0 Å². The van der Waals surface area contributed by atoms with Crippen LogP contribution in [0.2, 0.25) is 0 Å². The van der Waals surface area contributed by atoms with E-state index in [1.807, 2.05) is 6.92 Å². The number of aromatic nitrogens is 1. The van der Waals surface area contributed by atoms with Gasteiger partial charge in [0.05, 0.1) is 5.69 Å². The third kappa shape index (κ3) is 4.20. The van der Waals surface area contributed by atoms with Crippen LogP contribution in [0.5, 0.6) is 0 Å². The van der Waals surface area contributed by atoms with E-state index in [2.05, 4.69) is 15.6 Å². The molecule has 0 bridgehead atoms. The number of hydrogen-bond acceptors (Lipinski definition) is 5. The number of nitrogens with one attached hydrogen (secondary N) is 2. The highest BCUT2D eigenvalue weighted by Crippen LogP contribution is 2.27. The minimum atomic E-state index is -1.00. The summed E-state index contributed by atoms with van der Waals surface area (Å²) < 4.78 is 0. The maximum absolute atomic E-state index is 11.2. The van der Waals surface area contributed by atoms with Gasteiger partial charge in [0, 0.05) is 24.9 Å². The molecule has 1 aromatic rings. The van der Waals surface area contributed by atoms with E-state index in [9.17, 15) is 9.59 Å². The Hall–Kier alpha value is -1.63. The molecule has 6 nitrogen and oxygen atoms in total. The van der Waals surface area contributed by atoms with Crippen LogP contribution in [0.15, 0.2) is 5.38 Å². The van der Waals surface area contributed by atoms with Crippen molar-refractivity contribution in [3.63, 3.8) is 0 Å². The molecule has 0 atom stereocenters. The van der Waals surface area contributed by atoms with Crippen LogP contribution in [0.25, 0.3) is 0 Å². The molecule has 1 heterocycles. The molecule has 0 aromatic carbocycles. The summed E-state index contributed by atoms with van der Waals surface area (Å²) in [6.07, 6.45) is 0.366. The lowest BCUT2D eigenvalue weighted by Crippen LogP contribution is -2.29. The van der Waals surface area contributed by atoms with Crippen LogP contribution in [0.1, 0.15) is 32.9 Å². The summed E-state index contributed by atoms with van der Waals surface area (Å²) in [7, 11) is 0. The van der Waals surface area contributed by atoms with E-state index in [1.54, 1.807) is 19.2 Å². The SMILES string of the molecule is CCNC(=O)CCNc1nc(C(C)(C)C(=O)O)cs1. The lowest BCUT2D eigenvalue weighted by molar-refractivity contribution is -0.142. The van der Waals surface area contributed by atoms with Gasteiger partial charge in [-0.3, -0.25) is 9.59 Å². The average Bonchev–Trinajstić information content (AvgIpc) is 2.78. The summed E-state index contributed by atoms with van der Waals surface area (Å²) >= 11 is 1.34. The third-order valence-electron chi connectivity index (χ3n) is 2.68. The second-order valence-corrected chi connectivity index (χ2v) is 5.46. The predicted octanol–water partition coefficient (Wildman–Crippen LogP) is 1.44. The molecule has 0 radical (unpaired) electrons. The van der Waals surface area contributed by atoms with Crippen LogP contribution in [0.4, 0.5) is 5.13 Å². The van der Waals surface area contributed by atoms with Gasteiger partial charge in [-0.15, -0.1) is 11.3 Å². The normalized spacial score (nSPS) is 11.1. The molecule has 1 amide bonds. The molecule has 106 valence electrons. The number of aliphatic carboxylic acids is 1. The molecule has 0 saturated carbocycles. The number of hydrogen-bond donors (Lipinski definition) is 3. The number of nitrogens with zero attached hydrogens (tertiary/aromatic N) is 1. The fraction of sp³-hybridized carbons (Fsp3) is 0.583. The zero-order chi connectivity index (χ0) is 14.5. The lowest BCUT2D eigenvalue weighted by atomic mass is 9.90. The van der Waals surface area contributed by atoms with Gasteiger partial charge < -0.3 is 15.7 Å². The molecule has 0 aliphatic rings. The van der Waals surface area contributed by atoms with Gasteiger partial charge in [-0.1, -0.05) is 0 Å². The molecular formula is C12H19N3O3S. The topological polar surface area (TPSA) is 91.3 Å². The fourth-order valence-corrected chi connectivity index (χ4v) is 2.23. The van der Waals surface area contributed by atoms with Gasteiger partial charge in [0.25, 0.3) is 0 Å². The number of carbonyl (C=O) groups is 2. The highest BCUT2D eigenvalue weighted by atomic mass is 32.1. The van der Waals surface area contributed by atoms with Crippen LogP contribution >= 0.6 is 11.3 Å². The van der Waals surface area contributed by atoms with Crippen LogP contribution in [-0.4, -0.2) is 35.1 Å². The first-order valence-corrected chi connectivity index (χ1v) is 6.95. The van der Waals surface area contributed by atoms with Crippen molar-refractivity contribution >= 4 is 28.3 Å². The predicted molar refractivity (Wildman–Crippen MR) is 74.6 cm³/mol. The van der Waals surface area contributed by atoms with Gasteiger partial charge in [0.2, 0.25) is 5.91 Å². The van der Waals surface area contributed by atoms with E-state index in [0.29, 0.717) is 30.3 Å². The summed E-state index contributed by atoms with van der Waals surface area (Å²) in [6.45, 7) is 6.19. The number of thiazole rings is 1. The monoisotopic (exact) mass is 285 g/mol. The van der Waals surface area contributed by atoms with Gasteiger partial charge in [-0.05, 0) is 20.8 Å². The Labute approximate surface area is 116 Å². The first-order chi connectivity index (χ1) is 8.87. The summed E-state index contributed by atoms with van der Waals surface area (Å²) in [4.78, 5) is 26.6. The number of carboxylic acids is 1. The summed E-state index contributed by atoms with van der Waals surface area (Å²) in [6, 6.07) is 0. The molecule has 19 heavy (non-hydrogen) atoms. The van der Waals surface area contributed by atoms with E-state index in [4.69, 9.17) is 5.11 Å². The molecule has 3 N–H and O–H groups in total. The highest BCUT2D eigenvalue weighted by molar-refractivity contribution is 7.13. The maximum atomic E-state index is 11.2. The molecule has 1 rings (SSSR count). The number of carboxylic acid groups (broad SMARTS) is 1. The van der Waals surface area contributed by atoms with Crippen LogP contribution < -0.4 is 10.6 Å². The van der Waals surface area contributed by atoms with Crippen LogP contribution in [0, 0.1) is 0 Å². The second-order valence-electron chi connectivity index (χ2n) is 4.60. The molecule has 0 aliphatic heterocycles. The molecular weight excluding hydrogens is 266 g/mol. The molecule has 1 aromatic heterocycles. The molecule has 0 saturated heterocycles. The third-order valence-corrected chi connectivity index (χ3v) is 3.48. The van der Waals surface area contributed by atoms with E-state index >= 15 is 0 Å². The molecule has 0 unspecified atom stereocenters. The van der Waals surface area contributed by atoms with E-state index in [1.165, 1.54) is 11.3 Å². The van der Waals surface area contributed by atoms with Gasteiger partial charge in [-0.25, -0.2) is 4.98 Å². The lowest BCUT2D eigenvalue weighted by Gasteiger charge is -2.15. The summed E-state index contributed by atoms with van der Waals surface area (Å²) in [5, 5.41) is 17.2. The van der Waals surface area contributed by atoms with Gasteiger partial charge in [0.15, 0.2) is 5.13 Å². The molecule has 0 aliphatic carbocycles. The second kappa shape index (κ2) is 6.51. The maximum Gasteiger partial charge on any atom is 0.315 e. The Balaban J connectivity index is 2.52. The smallest absolute Gasteiger partial charge is 0.315 e. The Morgan fingerprint density at radius 1 is 1.47 bits per heavy atom. The molecule has 0 fully saturated rings. The first-order valence-electron chi connectivity index (χ1n) is 6.08. The number of amides is 1. The Morgan fingerprint density at radius 3 is 2.74 bits per heavy atom. The fourth-order valence-electron chi connectivity index (χ4n) is 1.32. The molecule has 0 spiro atoms. The van der Waals surface area contributed by atoms with Gasteiger partial charge >= 0.3 is 5.97 Å². The van der Waals surface area contributed by atoms with Crippen molar-refractivity contribution in [2.75, 3.05) is 18.4 Å². The molecule has 7 heteroatoms. The zero-order valence-electron chi connectivity index (χ0n) is 11.3. The van der Waals surface area contributed by atoms with Crippen LogP contribution in [0.3, 0.4) is 0 Å². The van der Waals surface area contributed by atoms with Crippen molar-refractivity contribution < 1.29 is 14.7 Å². The van der Waals surface area contributed by atoms with Crippen molar-refractivity contribution in [3.05, 3.63) is 11.1 Å². The average molecular weight is 285 g/mol.